The summed E-state index contributed by atoms with van der Waals surface area (Å²) in [6, 6.07) is 6.49. The molecule has 1 unspecified atom stereocenters. The number of hydrogen-bond acceptors (Lipinski definition) is 3. The van der Waals surface area contributed by atoms with Gasteiger partial charge in [0.15, 0.2) is 0 Å². The van der Waals surface area contributed by atoms with Gasteiger partial charge in [-0.3, -0.25) is 0 Å². The fourth-order valence-corrected chi connectivity index (χ4v) is 2.94. The fourth-order valence-electron chi connectivity index (χ4n) is 2.33. The Morgan fingerprint density at radius 2 is 2.14 bits per heavy atom. The molecular weight excluding hydrogens is 332 g/mol. The molecule has 1 saturated heterocycles. The average Bonchev–Trinajstić information content (AvgIpc) is 2.79. The maximum atomic E-state index is 12.0. The van der Waals surface area contributed by atoms with Crippen LogP contribution in [0.1, 0.15) is 32.8 Å². The zero-order valence-corrected chi connectivity index (χ0v) is 14.7. The van der Waals surface area contributed by atoms with Crippen LogP contribution in [0.5, 0.6) is 0 Å². The standard InChI is InChI=1S/C16H23BrN2O2/c1-11-5-6-14(13(17)9-11)18-12-7-8-19(10-12)15(20)21-16(2,3)4/h5-6,9,12,18H,7-8,10H2,1-4H3. The van der Waals surface area contributed by atoms with E-state index < -0.39 is 5.60 Å². The Morgan fingerprint density at radius 3 is 2.76 bits per heavy atom. The summed E-state index contributed by atoms with van der Waals surface area (Å²) < 4.78 is 6.46. The molecule has 1 amide bonds. The van der Waals surface area contributed by atoms with E-state index in [4.69, 9.17) is 4.74 Å². The smallest absolute Gasteiger partial charge is 0.410 e. The number of aryl methyl sites for hydroxylation is 1. The summed E-state index contributed by atoms with van der Waals surface area (Å²) >= 11 is 3.57. The van der Waals surface area contributed by atoms with E-state index in [2.05, 4.69) is 46.4 Å². The van der Waals surface area contributed by atoms with Gasteiger partial charge in [-0.05, 0) is 67.7 Å². The van der Waals surface area contributed by atoms with Crippen LogP contribution in [0.15, 0.2) is 22.7 Å². The van der Waals surface area contributed by atoms with Gasteiger partial charge >= 0.3 is 6.09 Å². The first-order chi connectivity index (χ1) is 9.74. The predicted molar refractivity (Wildman–Crippen MR) is 88.7 cm³/mol. The minimum Gasteiger partial charge on any atom is -0.444 e. The second kappa shape index (κ2) is 6.26. The van der Waals surface area contributed by atoms with E-state index in [9.17, 15) is 4.79 Å². The number of nitrogens with zero attached hydrogens (tertiary/aromatic N) is 1. The molecule has 4 nitrogen and oxygen atoms in total. The Bertz CT molecular complexity index is 525. The quantitative estimate of drug-likeness (QED) is 0.865. The summed E-state index contributed by atoms with van der Waals surface area (Å²) in [6.45, 7) is 9.14. The van der Waals surface area contributed by atoms with Gasteiger partial charge in [0.2, 0.25) is 0 Å². The van der Waals surface area contributed by atoms with Gasteiger partial charge in [-0.2, -0.15) is 0 Å². The van der Waals surface area contributed by atoms with Crippen LogP contribution >= 0.6 is 15.9 Å². The first-order valence-corrected chi connectivity index (χ1v) is 8.04. The van der Waals surface area contributed by atoms with Crippen molar-refractivity contribution in [2.75, 3.05) is 18.4 Å². The first kappa shape index (κ1) is 16.1. The van der Waals surface area contributed by atoms with Gasteiger partial charge < -0.3 is 15.0 Å². The SMILES string of the molecule is Cc1ccc(NC2CCN(C(=O)OC(C)(C)C)C2)c(Br)c1. The number of carbonyl (C=O) groups is 1. The van der Waals surface area contributed by atoms with Gasteiger partial charge in [-0.25, -0.2) is 4.79 Å². The van der Waals surface area contributed by atoms with Crippen LogP contribution < -0.4 is 5.32 Å². The second-order valence-corrected chi connectivity index (χ2v) is 7.39. The number of likely N-dealkylation sites (tertiary alicyclic amines) is 1. The lowest BCUT2D eigenvalue weighted by Crippen LogP contribution is -2.36. The maximum absolute atomic E-state index is 12.0. The third-order valence-corrected chi connectivity index (χ3v) is 3.98. The normalized spacial score (nSPS) is 18.7. The molecule has 5 heteroatoms. The molecule has 0 spiro atoms. The minimum absolute atomic E-state index is 0.227. The number of ether oxygens (including phenoxy) is 1. The van der Waals surface area contributed by atoms with Crippen molar-refractivity contribution in [2.45, 2.75) is 45.8 Å². The molecule has 1 aliphatic heterocycles. The van der Waals surface area contributed by atoms with Crippen molar-refractivity contribution in [1.82, 2.24) is 4.90 Å². The fraction of sp³-hybridized carbons (Fsp3) is 0.562. The van der Waals surface area contributed by atoms with Gasteiger partial charge in [0.25, 0.3) is 0 Å². The number of anilines is 1. The molecule has 0 aromatic heterocycles. The lowest BCUT2D eigenvalue weighted by Gasteiger charge is -2.24. The summed E-state index contributed by atoms with van der Waals surface area (Å²) in [4.78, 5) is 13.8. The number of rotatable bonds is 2. The zero-order valence-electron chi connectivity index (χ0n) is 13.1. The van der Waals surface area contributed by atoms with Crippen molar-refractivity contribution >= 4 is 27.7 Å². The second-order valence-electron chi connectivity index (χ2n) is 6.54. The van der Waals surface area contributed by atoms with E-state index in [-0.39, 0.29) is 12.1 Å². The molecule has 2 rings (SSSR count). The molecule has 0 bridgehead atoms. The zero-order chi connectivity index (χ0) is 15.6. The maximum Gasteiger partial charge on any atom is 0.410 e. The highest BCUT2D eigenvalue weighted by Crippen LogP contribution is 2.26. The van der Waals surface area contributed by atoms with Crippen LogP contribution in [0.4, 0.5) is 10.5 Å². The van der Waals surface area contributed by atoms with Gasteiger partial charge in [-0.15, -0.1) is 0 Å². The Morgan fingerprint density at radius 1 is 1.43 bits per heavy atom. The van der Waals surface area contributed by atoms with Crippen LogP contribution in [0.25, 0.3) is 0 Å². The van der Waals surface area contributed by atoms with E-state index in [1.54, 1.807) is 4.90 Å². The number of amides is 1. The summed E-state index contributed by atoms with van der Waals surface area (Å²) in [5.41, 5.74) is 1.84. The molecule has 1 N–H and O–H groups in total. The van der Waals surface area contributed by atoms with Crippen LogP contribution in [-0.4, -0.2) is 35.7 Å². The van der Waals surface area contributed by atoms with E-state index in [1.165, 1.54) is 5.56 Å². The van der Waals surface area contributed by atoms with Gasteiger partial charge in [0.05, 0.1) is 0 Å². The molecule has 21 heavy (non-hydrogen) atoms. The van der Waals surface area contributed by atoms with E-state index in [0.717, 1.165) is 23.1 Å². The molecule has 1 aromatic carbocycles. The third-order valence-electron chi connectivity index (χ3n) is 3.32. The monoisotopic (exact) mass is 354 g/mol. The molecule has 0 saturated carbocycles. The molecule has 0 radical (unpaired) electrons. The van der Waals surface area contributed by atoms with Crippen LogP contribution in [0.3, 0.4) is 0 Å². The molecule has 116 valence electrons. The number of benzene rings is 1. The summed E-state index contributed by atoms with van der Waals surface area (Å²) in [7, 11) is 0. The number of hydrogen-bond donors (Lipinski definition) is 1. The molecular formula is C16H23BrN2O2. The first-order valence-electron chi connectivity index (χ1n) is 7.25. The lowest BCUT2D eigenvalue weighted by molar-refractivity contribution is 0.0293. The molecule has 1 aromatic rings. The van der Waals surface area contributed by atoms with Crippen molar-refractivity contribution in [3.63, 3.8) is 0 Å². The molecule has 1 aliphatic rings. The molecule has 1 atom stereocenters. The van der Waals surface area contributed by atoms with Crippen molar-refractivity contribution in [1.29, 1.82) is 0 Å². The largest absolute Gasteiger partial charge is 0.444 e. The van der Waals surface area contributed by atoms with Crippen molar-refractivity contribution in [2.24, 2.45) is 0 Å². The highest BCUT2D eigenvalue weighted by Gasteiger charge is 2.29. The topological polar surface area (TPSA) is 41.6 Å². The average molecular weight is 355 g/mol. The van der Waals surface area contributed by atoms with Crippen LogP contribution in [0, 0.1) is 6.92 Å². The Kier molecular flexibility index (Phi) is 4.81. The van der Waals surface area contributed by atoms with E-state index in [1.807, 2.05) is 20.8 Å². The molecule has 1 heterocycles. The summed E-state index contributed by atoms with van der Waals surface area (Å²) in [5, 5.41) is 3.49. The van der Waals surface area contributed by atoms with Crippen molar-refractivity contribution < 1.29 is 9.53 Å². The third kappa shape index (κ3) is 4.63. The van der Waals surface area contributed by atoms with Gasteiger partial charge in [0, 0.05) is 29.3 Å². The van der Waals surface area contributed by atoms with Crippen molar-refractivity contribution in [3.05, 3.63) is 28.2 Å². The summed E-state index contributed by atoms with van der Waals surface area (Å²) in [6.07, 6.45) is 0.703. The Hall–Kier alpha value is -1.23. The molecule has 0 aliphatic carbocycles. The lowest BCUT2D eigenvalue weighted by atomic mass is 10.2. The van der Waals surface area contributed by atoms with Gasteiger partial charge in [-0.1, -0.05) is 6.07 Å². The molecule has 1 fully saturated rings. The minimum atomic E-state index is -0.442. The van der Waals surface area contributed by atoms with Gasteiger partial charge in [0.1, 0.15) is 5.60 Å². The Balaban J connectivity index is 1.92. The van der Waals surface area contributed by atoms with E-state index in [0.29, 0.717) is 6.54 Å². The van der Waals surface area contributed by atoms with Crippen LogP contribution in [0.2, 0.25) is 0 Å². The highest BCUT2D eigenvalue weighted by molar-refractivity contribution is 9.10. The van der Waals surface area contributed by atoms with Crippen LogP contribution in [-0.2, 0) is 4.74 Å². The predicted octanol–water partition coefficient (Wildman–Crippen LogP) is 4.18. The Labute approximate surface area is 135 Å². The number of halogens is 1. The van der Waals surface area contributed by atoms with E-state index >= 15 is 0 Å². The van der Waals surface area contributed by atoms with Crippen molar-refractivity contribution in [3.8, 4) is 0 Å². The highest BCUT2D eigenvalue weighted by atomic mass is 79.9. The number of nitrogens with one attached hydrogen (secondary N) is 1. The summed E-state index contributed by atoms with van der Waals surface area (Å²) in [5.74, 6) is 0. The number of carbonyl (C=O) groups excluding carboxylic acids is 1.